The van der Waals surface area contributed by atoms with E-state index in [2.05, 4.69) is 10.6 Å². The van der Waals surface area contributed by atoms with Crippen molar-refractivity contribution in [3.63, 3.8) is 0 Å². The van der Waals surface area contributed by atoms with Crippen LogP contribution in [0.25, 0.3) is 0 Å². The molecule has 1 aliphatic heterocycles. The summed E-state index contributed by atoms with van der Waals surface area (Å²) in [5.41, 5.74) is -0.124. The molecule has 1 saturated heterocycles. The van der Waals surface area contributed by atoms with Gasteiger partial charge in [0, 0.05) is 18.0 Å². The number of halogens is 3. The van der Waals surface area contributed by atoms with Gasteiger partial charge in [-0.1, -0.05) is 6.07 Å². The van der Waals surface area contributed by atoms with Crippen molar-refractivity contribution >= 4 is 28.7 Å². The number of morpholine rings is 1. The van der Waals surface area contributed by atoms with Gasteiger partial charge in [0.25, 0.3) is 0 Å². The zero-order valence-corrected chi connectivity index (χ0v) is 14.6. The van der Waals surface area contributed by atoms with Crippen molar-refractivity contribution < 1.29 is 22.7 Å². The van der Waals surface area contributed by atoms with Crippen LogP contribution in [0, 0.1) is 0 Å². The zero-order chi connectivity index (χ0) is 18.6. The maximum Gasteiger partial charge on any atom is 0.416 e. The third-order valence-electron chi connectivity index (χ3n) is 3.93. The van der Waals surface area contributed by atoms with Crippen molar-refractivity contribution in [2.75, 3.05) is 36.5 Å². The summed E-state index contributed by atoms with van der Waals surface area (Å²) in [6.45, 7) is 2.40. The molecule has 2 amide bonds. The van der Waals surface area contributed by atoms with E-state index in [9.17, 15) is 18.0 Å². The van der Waals surface area contributed by atoms with Gasteiger partial charge in [0.15, 0.2) is 0 Å². The maximum absolute atomic E-state index is 13.1. The molecule has 3 rings (SSSR count). The quantitative estimate of drug-likeness (QED) is 0.839. The van der Waals surface area contributed by atoms with Crippen LogP contribution in [0.15, 0.2) is 35.7 Å². The Morgan fingerprint density at radius 1 is 1.23 bits per heavy atom. The van der Waals surface area contributed by atoms with E-state index in [0.29, 0.717) is 38.5 Å². The molecule has 2 aromatic rings. The lowest BCUT2D eigenvalue weighted by atomic mass is 10.1. The minimum Gasteiger partial charge on any atom is -0.378 e. The number of alkyl halides is 3. The lowest BCUT2D eigenvalue weighted by molar-refractivity contribution is -0.137. The molecule has 1 aromatic carbocycles. The SMILES string of the molecule is O=C(NCc1cccs1)Nc1cc(C(F)(F)F)ccc1N1CCOCC1. The Morgan fingerprint density at radius 3 is 2.65 bits per heavy atom. The molecule has 26 heavy (non-hydrogen) atoms. The average Bonchev–Trinajstić information content (AvgIpc) is 3.13. The first-order valence-electron chi connectivity index (χ1n) is 8.04. The Labute approximate surface area is 152 Å². The number of ether oxygens (including phenoxy) is 1. The highest BCUT2D eigenvalue weighted by molar-refractivity contribution is 7.09. The minimum atomic E-state index is -4.48. The summed E-state index contributed by atoms with van der Waals surface area (Å²) in [7, 11) is 0. The van der Waals surface area contributed by atoms with Crippen LogP contribution < -0.4 is 15.5 Å². The number of carbonyl (C=O) groups is 1. The molecule has 0 radical (unpaired) electrons. The van der Waals surface area contributed by atoms with Crippen molar-refractivity contribution in [3.05, 3.63) is 46.2 Å². The van der Waals surface area contributed by atoms with E-state index in [1.807, 2.05) is 22.4 Å². The van der Waals surface area contributed by atoms with E-state index in [1.54, 1.807) is 0 Å². The molecule has 0 bridgehead atoms. The van der Waals surface area contributed by atoms with E-state index in [4.69, 9.17) is 4.74 Å². The number of hydrogen-bond acceptors (Lipinski definition) is 4. The van der Waals surface area contributed by atoms with Gasteiger partial charge >= 0.3 is 12.2 Å². The number of anilines is 2. The lowest BCUT2D eigenvalue weighted by Gasteiger charge is -2.31. The van der Waals surface area contributed by atoms with Crippen molar-refractivity contribution in [3.8, 4) is 0 Å². The average molecular weight is 385 g/mol. The summed E-state index contributed by atoms with van der Waals surface area (Å²) in [5, 5.41) is 7.10. The third-order valence-corrected chi connectivity index (χ3v) is 4.80. The van der Waals surface area contributed by atoms with Gasteiger partial charge in [-0.05, 0) is 29.6 Å². The molecule has 1 aromatic heterocycles. The molecule has 0 unspecified atom stereocenters. The molecule has 1 aliphatic rings. The summed E-state index contributed by atoms with van der Waals surface area (Å²) in [4.78, 5) is 15.0. The van der Waals surface area contributed by atoms with Gasteiger partial charge in [-0.2, -0.15) is 13.2 Å². The topological polar surface area (TPSA) is 53.6 Å². The highest BCUT2D eigenvalue weighted by Gasteiger charge is 2.31. The van der Waals surface area contributed by atoms with Gasteiger partial charge in [0.1, 0.15) is 0 Å². The summed E-state index contributed by atoms with van der Waals surface area (Å²) >= 11 is 1.49. The highest BCUT2D eigenvalue weighted by atomic mass is 32.1. The zero-order valence-electron chi connectivity index (χ0n) is 13.8. The molecule has 9 heteroatoms. The first-order chi connectivity index (χ1) is 12.4. The van der Waals surface area contributed by atoms with Gasteiger partial charge < -0.3 is 20.3 Å². The minimum absolute atomic E-state index is 0.130. The molecule has 0 saturated carbocycles. The lowest BCUT2D eigenvalue weighted by Crippen LogP contribution is -2.37. The second-order valence-corrected chi connectivity index (χ2v) is 6.75. The van der Waals surface area contributed by atoms with E-state index in [0.717, 1.165) is 17.0 Å². The Balaban J connectivity index is 1.78. The van der Waals surface area contributed by atoms with Crippen LogP contribution >= 0.6 is 11.3 Å². The Hall–Kier alpha value is -2.26. The van der Waals surface area contributed by atoms with Crippen molar-refractivity contribution in [2.45, 2.75) is 12.7 Å². The second-order valence-electron chi connectivity index (χ2n) is 5.72. The van der Waals surface area contributed by atoms with Crippen LogP contribution in [-0.4, -0.2) is 32.3 Å². The van der Waals surface area contributed by atoms with Crippen molar-refractivity contribution in [1.82, 2.24) is 5.32 Å². The molecule has 1 fully saturated rings. The molecule has 0 spiro atoms. The van der Waals surface area contributed by atoms with Crippen LogP contribution in [-0.2, 0) is 17.5 Å². The number of thiophene rings is 1. The Morgan fingerprint density at radius 2 is 2.00 bits per heavy atom. The fraction of sp³-hybridized carbons (Fsp3) is 0.353. The molecule has 5 nitrogen and oxygen atoms in total. The van der Waals surface area contributed by atoms with Gasteiger partial charge in [0.2, 0.25) is 0 Å². The van der Waals surface area contributed by atoms with E-state index in [-0.39, 0.29) is 5.69 Å². The number of carbonyl (C=O) groups excluding carboxylic acids is 1. The van der Waals surface area contributed by atoms with Gasteiger partial charge in [0.05, 0.1) is 36.7 Å². The number of urea groups is 1. The van der Waals surface area contributed by atoms with E-state index < -0.39 is 17.8 Å². The highest BCUT2D eigenvalue weighted by Crippen LogP contribution is 2.35. The van der Waals surface area contributed by atoms with Gasteiger partial charge in [-0.3, -0.25) is 0 Å². The van der Waals surface area contributed by atoms with Gasteiger partial charge in [-0.15, -0.1) is 11.3 Å². The Bertz CT molecular complexity index is 744. The molecule has 2 heterocycles. The fourth-order valence-corrected chi connectivity index (χ4v) is 3.28. The van der Waals surface area contributed by atoms with Crippen LogP contribution in [0.4, 0.5) is 29.3 Å². The smallest absolute Gasteiger partial charge is 0.378 e. The van der Waals surface area contributed by atoms with Gasteiger partial charge in [-0.25, -0.2) is 4.79 Å². The summed E-state index contributed by atoms with van der Waals surface area (Å²) in [6.07, 6.45) is -4.48. The number of rotatable bonds is 4. The molecular weight excluding hydrogens is 367 g/mol. The first kappa shape index (κ1) is 18.5. The predicted octanol–water partition coefficient (Wildman–Crippen LogP) is 3.93. The fourth-order valence-electron chi connectivity index (χ4n) is 2.64. The summed E-state index contributed by atoms with van der Waals surface area (Å²) < 4.78 is 44.4. The second kappa shape index (κ2) is 7.96. The van der Waals surface area contributed by atoms with E-state index in [1.165, 1.54) is 17.4 Å². The number of nitrogens with one attached hydrogen (secondary N) is 2. The largest absolute Gasteiger partial charge is 0.416 e. The normalized spacial score (nSPS) is 15.0. The first-order valence-corrected chi connectivity index (χ1v) is 8.92. The number of benzene rings is 1. The Kier molecular flexibility index (Phi) is 5.67. The number of hydrogen-bond donors (Lipinski definition) is 2. The molecule has 2 N–H and O–H groups in total. The van der Waals surface area contributed by atoms with E-state index >= 15 is 0 Å². The number of amides is 2. The third kappa shape index (κ3) is 4.67. The van der Waals surface area contributed by atoms with Crippen LogP contribution in [0.5, 0.6) is 0 Å². The number of nitrogens with zero attached hydrogens (tertiary/aromatic N) is 1. The maximum atomic E-state index is 13.1. The predicted molar refractivity (Wildman–Crippen MR) is 94.7 cm³/mol. The molecule has 0 aliphatic carbocycles. The summed E-state index contributed by atoms with van der Waals surface area (Å²) in [6, 6.07) is 6.57. The van der Waals surface area contributed by atoms with Crippen LogP contribution in [0.2, 0.25) is 0 Å². The molecular formula is C17H18F3N3O2S. The van der Waals surface area contributed by atoms with Crippen LogP contribution in [0.1, 0.15) is 10.4 Å². The molecule has 140 valence electrons. The monoisotopic (exact) mass is 385 g/mol. The molecule has 0 atom stereocenters. The van der Waals surface area contributed by atoms with Crippen molar-refractivity contribution in [1.29, 1.82) is 0 Å². The van der Waals surface area contributed by atoms with Crippen LogP contribution in [0.3, 0.4) is 0 Å². The summed E-state index contributed by atoms with van der Waals surface area (Å²) in [5.74, 6) is 0. The standard InChI is InChI=1S/C17H18F3N3O2S/c18-17(19,20)12-3-4-15(23-5-7-25-8-6-23)14(10-12)22-16(24)21-11-13-2-1-9-26-13/h1-4,9-10H,5-8,11H2,(H2,21,22,24). The van der Waals surface area contributed by atoms with Crippen molar-refractivity contribution in [2.24, 2.45) is 0 Å².